The summed E-state index contributed by atoms with van der Waals surface area (Å²) in [6.07, 6.45) is 0. The fraction of sp³-hybridized carbons (Fsp3) is 0.105. The molecule has 4 nitrogen and oxygen atoms in total. The average Bonchev–Trinajstić information content (AvgIpc) is 3.02. The van der Waals surface area contributed by atoms with Gasteiger partial charge in [0.15, 0.2) is 11.7 Å². The van der Waals surface area contributed by atoms with E-state index >= 15 is 0 Å². The molecule has 1 aromatic heterocycles. The Morgan fingerprint density at radius 2 is 1.88 bits per heavy atom. The summed E-state index contributed by atoms with van der Waals surface area (Å²) in [5, 5.41) is 15.7. The van der Waals surface area contributed by atoms with E-state index in [1.165, 1.54) is 11.3 Å². The molecule has 0 aliphatic carbocycles. The number of anilines is 1. The van der Waals surface area contributed by atoms with Gasteiger partial charge in [0.2, 0.25) is 5.91 Å². The van der Waals surface area contributed by atoms with Gasteiger partial charge in [-0.2, -0.15) is 5.26 Å². The largest absolute Gasteiger partial charge is 0.324 e. The number of amides is 1. The van der Waals surface area contributed by atoms with Gasteiger partial charge in [-0.3, -0.25) is 9.59 Å². The molecular weight excluding hydrogens is 320 g/mol. The second-order valence-corrected chi connectivity index (χ2v) is 6.29. The van der Waals surface area contributed by atoms with Crippen molar-refractivity contribution in [1.82, 2.24) is 0 Å². The molecule has 118 valence electrons. The molecule has 0 saturated carbocycles. The summed E-state index contributed by atoms with van der Waals surface area (Å²) in [5.74, 6) is -2.42. The Morgan fingerprint density at radius 1 is 1.12 bits per heavy atom. The standard InChI is InChI=1S/C19H14N2O2S/c1-12-9-10-24-18(12)17(22)15(11-20)19(23)21-16-8-4-6-13-5-2-3-7-14(13)16/h2-10,15H,1H3,(H,21,23). The Kier molecular flexibility index (Phi) is 4.41. The lowest BCUT2D eigenvalue weighted by molar-refractivity contribution is -0.117. The normalized spacial score (nSPS) is 11.7. The van der Waals surface area contributed by atoms with Crippen LogP contribution in [0.4, 0.5) is 5.69 Å². The SMILES string of the molecule is Cc1ccsc1C(=O)C(C#N)C(=O)Nc1cccc2ccccc12. The molecular formula is C19H14N2O2S. The van der Waals surface area contributed by atoms with Crippen LogP contribution in [-0.2, 0) is 4.79 Å². The highest BCUT2D eigenvalue weighted by Gasteiger charge is 2.29. The summed E-state index contributed by atoms with van der Waals surface area (Å²) in [7, 11) is 0. The van der Waals surface area contributed by atoms with E-state index in [9.17, 15) is 14.9 Å². The van der Waals surface area contributed by atoms with E-state index in [1.807, 2.05) is 42.5 Å². The first-order valence-corrected chi connectivity index (χ1v) is 8.26. The van der Waals surface area contributed by atoms with Gasteiger partial charge in [-0.15, -0.1) is 11.3 Å². The molecule has 0 fully saturated rings. The summed E-state index contributed by atoms with van der Waals surface area (Å²) in [5.41, 5.74) is 1.37. The number of hydrogen-bond donors (Lipinski definition) is 1. The Balaban J connectivity index is 1.89. The summed E-state index contributed by atoms with van der Waals surface area (Å²) >= 11 is 1.25. The lowest BCUT2D eigenvalue weighted by Gasteiger charge is -2.11. The fourth-order valence-electron chi connectivity index (χ4n) is 2.53. The van der Waals surface area contributed by atoms with Crippen molar-refractivity contribution in [2.45, 2.75) is 6.92 Å². The van der Waals surface area contributed by atoms with Crippen LogP contribution in [-0.4, -0.2) is 11.7 Å². The number of benzene rings is 2. The molecule has 1 N–H and O–H groups in total. The van der Waals surface area contributed by atoms with Gasteiger partial charge in [-0.1, -0.05) is 36.4 Å². The lowest BCUT2D eigenvalue weighted by Crippen LogP contribution is -2.28. The smallest absolute Gasteiger partial charge is 0.249 e. The zero-order valence-electron chi connectivity index (χ0n) is 12.9. The quantitative estimate of drug-likeness (QED) is 0.575. The fourth-order valence-corrected chi connectivity index (χ4v) is 3.43. The number of nitrogens with zero attached hydrogens (tertiary/aromatic N) is 1. The molecule has 0 saturated heterocycles. The van der Waals surface area contributed by atoms with E-state index in [0.29, 0.717) is 10.6 Å². The van der Waals surface area contributed by atoms with Gasteiger partial charge in [0.05, 0.1) is 10.9 Å². The maximum atomic E-state index is 12.5. The predicted octanol–water partition coefficient (Wildman–Crippen LogP) is 4.17. The Hall–Kier alpha value is -2.97. The van der Waals surface area contributed by atoms with Crippen molar-refractivity contribution in [2.75, 3.05) is 5.32 Å². The van der Waals surface area contributed by atoms with Crippen molar-refractivity contribution >= 4 is 39.5 Å². The number of carbonyl (C=O) groups excluding carboxylic acids is 2. The number of nitrogens with one attached hydrogen (secondary N) is 1. The molecule has 24 heavy (non-hydrogen) atoms. The van der Waals surface area contributed by atoms with Gasteiger partial charge < -0.3 is 5.32 Å². The summed E-state index contributed by atoms with van der Waals surface area (Å²) in [4.78, 5) is 25.4. The second kappa shape index (κ2) is 6.65. The van der Waals surface area contributed by atoms with Crippen molar-refractivity contribution in [3.05, 3.63) is 64.4 Å². The first kappa shape index (κ1) is 15.9. The zero-order chi connectivity index (χ0) is 17.1. The van der Waals surface area contributed by atoms with Gasteiger partial charge in [-0.25, -0.2) is 0 Å². The molecule has 0 aliphatic rings. The molecule has 1 atom stereocenters. The highest BCUT2D eigenvalue weighted by Crippen LogP contribution is 2.25. The average molecular weight is 334 g/mol. The number of aryl methyl sites for hydroxylation is 1. The van der Waals surface area contributed by atoms with Crippen LogP contribution in [0.25, 0.3) is 10.8 Å². The van der Waals surface area contributed by atoms with Crippen LogP contribution < -0.4 is 5.32 Å². The highest BCUT2D eigenvalue weighted by molar-refractivity contribution is 7.12. The third kappa shape index (κ3) is 2.92. The molecule has 3 aromatic rings. The van der Waals surface area contributed by atoms with E-state index in [2.05, 4.69) is 5.32 Å². The molecule has 1 unspecified atom stereocenters. The molecule has 3 rings (SSSR count). The van der Waals surface area contributed by atoms with E-state index in [4.69, 9.17) is 0 Å². The second-order valence-electron chi connectivity index (χ2n) is 5.38. The number of nitriles is 1. The summed E-state index contributed by atoms with van der Waals surface area (Å²) < 4.78 is 0. The van der Waals surface area contributed by atoms with Gasteiger partial charge in [0.1, 0.15) is 0 Å². The van der Waals surface area contributed by atoms with E-state index in [1.54, 1.807) is 24.4 Å². The minimum absolute atomic E-state index is 0.453. The van der Waals surface area contributed by atoms with Gasteiger partial charge in [0.25, 0.3) is 0 Å². The van der Waals surface area contributed by atoms with E-state index < -0.39 is 17.6 Å². The minimum Gasteiger partial charge on any atom is -0.324 e. The number of Topliss-reactive ketones (excluding diaryl/α,β-unsaturated/α-hetero) is 1. The summed E-state index contributed by atoms with van der Waals surface area (Å²) in [6, 6.07) is 16.8. The van der Waals surface area contributed by atoms with Crippen LogP contribution >= 0.6 is 11.3 Å². The number of hydrogen-bond acceptors (Lipinski definition) is 4. The number of carbonyl (C=O) groups is 2. The molecule has 0 bridgehead atoms. The predicted molar refractivity (Wildman–Crippen MR) is 95.1 cm³/mol. The third-order valence-electron chi connectivity index (χ3n) is 3.79. The van der Waals surface area contributed by atoms with Crippen LogP contribution in [0.5, 0.6) is 0 Å². The van der Waals surface area contributed by atoms with Crippen LogP contribution in [0.15, 0.2) is 53.9 Å². The highest BCUT2D eigenvalue weighted by atomic mass is 32.1. The Labute approximate surface area is 143 Å². The summed E-state index contributed by atoms with van der Waals surface area (Å²) in [6.45, 7) is 1.79. The Bertz CT molecular complexity index is 963. The van der Waals surface area contributed by atoms with Gasteiger partial charge >= 0.3 is 0 Å². The molecule has 1 heterocycles. The van der Waals surface area contributed by atoms with E-state index in [-0.39, 0.29) is 0 Å². The zero-order valence-corrected chi connectivity index (χ0v) is 13.8. The maximum absolute atomic E-state index is 12.5. The molecule has 1 amide bonds. The first-order chi connectivity index (χ1) is 11.6. The van der Waals surface area contributed by atoms with Crippen molar-refractivity contribution in [3.63, 3.8) is 0 Å². The Morgan fingerprint density at radius 3 is 2.58 bits per heavy atom. The van der Waals surface area contributed by atoms with Crippen LogP contribution in [0, 0.1) is 24.2 Å². The van der Waals surface area contributed by atoms with Crippen molar-refractivity contribution in [3.8, 4) is 6.07 Å². The molecule has 0 spiro atoms. The van der Waals surface area contributed by atoms with E-state index in [0.717, 1.165) is 16.3 Å². The van der Waals surface area contributed by atoms with Gasteiger partial charge in [0, 0.05) is 11.1 Å². The molecule has 0 radical (unpaired) electrons. The van der Waals surface area contributed by atoms with Crippen molar-refractivity contribution in [1.29, 1.82) is 5.26 Å². The monoisotopic (exact) mass is 334 g/mol. The number of fused-ring (bicyclic) bond motifs is 1. The third-order valence-corrected chi connectivity index (χ3v) is 4.82. The topological polar surface area (TPSA) is 70.0 Å². The molecule has 5 heteroatoms. The minimum atomic E-state index is -1.36. The van der Waals surface area contributed by atoms with Crippen LogP contribution in [0.2, 0.25) is 0 Å². The lowest BCUT2D eigenvalue weighted by atomic mass is 10.0. The van der Waals surface area contributed by atoms with Crippen LogP contribution in [0.1, 0.15) is 15.2 Å². The van der Waals surface area contributed by atoms with Crippen LogP contribution in [0.3, 0.4) is 0 Å². The molecule has 2 aromatic carbocycles. The van der Waals surface area contributed by atoms with Gasteiger partial charge in [-0.05, 0) is 35.4 Å². The first-order valence-electron chi connectivity index (χ1n) is 7.38. The number of ketones is 1. The maximum Gasteiger partial charge on any atom is 0.249 e. The van der Waals surface area contributed by atoms with Crippen molar-refractivity contribution in [2.24, 2.45) is 5.92 Å². The molecule has 0 aliphatic heterocycles. The number of rotatable bonds is 4. The van der Waals surface area contributed by atoms with Crippen molar-refractivity contribution < 1.29 is 9.59 Å². The number of thiophene rings is 1.